The van der Waals surface area contributed by atoms with Crippen LogP contribution in [0.3, 0.4) is 0 Å². The lowest BCUT2D eigenvalue weighted by Gasteiger charge is -2.37. The normalized spacial score (nSPS) is 26.8. The van der Waals surface area contributed by atoms with Crippen LogP contribution in [0.25, 0.3) is 0 Å². The molecule has 1 saturated heterocycles. The number of aliphatic hydroxyl groups is 1. The Bertz CT molecular complexity index is 659. The number of fused-ring (bicyclic) bond motifs is 1. The fourth-order valence-electron chi connectivity index (χ4n) is 3.79. The van der Waals surface area contributed by atoms with Crippen LogP contribution in [0.15, 0.2) is 30.0 Å². The Balaban J connectivity index is 2.06. The third-order valence-electron chi connectivity index (χ3n) is 4.93. The Morgan fingerprint density at radius 1 is 1.25 bits per heavy atom. The van der Waals surface area contributed by atoms with Gasteiger partial charge in [0, 0.05) is 24.7 Å². The number of likely N-dealkylation sites (N-methyl/N-ethyl adjacent to an activating group) is 1. The number of methoxy groups -OCH3 is 1. The molecule has 1 aromatic rings. The van der Waals surface area contributed by atoms with Gasteiger partial charge in [0.05, 0.1) is 13.2 Å². The van der Waals surface area contributed by atoms with E-state index >= 15 is 0 Å². The Kier molecular flexibility index (Phi) is 4.15. The molecule has 7 heteroatoms. The smallest absolute Gasteiger partial charge is 0.493 e. The van der Waals surface area contributed by atoms with E-state index in [1.165, 1.54) is 19.2 Å². The van der Waals surface area contributed by atoms with E-state index in [9.17, 15) is 18.3 Å². The second kappa shape index (κ2) is 5.88. The molecular weight excluding hydrogens is 323 g/mol. The molecule has 0 saturated carbocycles. The zero-order chi connectivity index (χ0) is 17.5. The highest BCUT2D eigenvalue weighted by Gasteiger charge is 2.46. The summed E-state index contributed by atoms with van der Waals surface area (Å²) in [5.41, 5.74) is 1.33. The van der Waals surface area contributed by atoms with Crippen LogP contribution in [-0.2, 0) is 5.41 Å². The van der Waals surface area contributed by atoms with Gasteiger partial charge in [-0.3, -0.25) is 0 Å². The van der Waals surface area contributed by atoms with Crippen LogP contribution in [0.1, 0.15) is 24.8 Å². The van der Waals surface area contributed by atoms with Gasteiger partial charge in [0.1, 0.15) is 0 Å². The molecule has 2 atom stereocenters. The van der Waals surface area contributed by atoms with E-state index in [1.54, 1.807) is 6.07 Å². The molecule has 1 N–H and O–H groups in total. The first-order valence-electron chi connectivity index (χ1n) is 7.81. The SMILES string of the molecule is COc1ccc([C@@]23CC[C@H](O)C=C2N(C)CC3)cc1OC(F)(F)F. The minimum absolute atomic E-state index is 0.0419. The van der Waals surface area contributed by atoms with E-state index in [0.717, 1.165) is 24.2 Å². The molecule has 132 valence electrons. The van der Waals surface area contributed by atoms with Crippen LogP contribution in [0.5, 0.6) is 11.5 Å². The number of ether oxygens (including phenoxy) is 2. The molecule has 1 heterocycles. The van der Waals surface area contributed by atoms with Gasteiger partial charge >= 0.3 is 6.36 Å². The number of allylic oxidation sites excluding steroid dienone is 1. The van der Waals surface area contributed by atoms with Crippen molar-refractivity contribution in [2.45, 2.75) is 37.1 Å². The number of alkyl halides is 3. The minimum Gasteiger partial charge on any atom is -0.493 e. The van der Waals surface area contributed by atoms with Gasteiger partial charge in [-0.05, 0) is 43.0 Å². The highest BCUT2D eigenvalue weighted by molar-refractivity contribution is 5.49. The molecule has 0 amide bonds. The summed E-state index contributed by atoms with van der Waals surface area (Å²) >= 11 is 0. The van der Waals surface area contributed by atoms with Gasteiger partial charge in [-0.25, -0.2) is 0 Å². The maximum Gasteiger partial charge on any atom is 0.573 e. The van der Waals surface area contributed by atoms with Gasteiger partial charge in [0.2, 0.25) is 0 Å². The predicted octanol–water partition coefficient (Wildman–Crippen LogP) is 3.21. The van der Waals surface area contributed by atoms with E-state index in [0.29, 0.717) is 12.8 Å². The maximum absolute atomic E-state index is 12.7. The Morgan fingerprint density at radius 3 is 2.67 bits per heavy atom. The molecule has 1 aromatic carbocycles. The van der Waals surface area contributed by atoms with Gasteiger partial charge < -0.3 is 19.5 Å². The van der Waals surface area contributed by atoms with Gasteiger partial charge in [0.15, 0.2) is 11.5 Å². The average Bonchev–Trinajstić information content (AvgIpc) is 2.84. The van der Waals surface area contributed by atoms with Crippen LogP contribution in [-0.4, -0.2) is 43.2 Å². The number of benzene rings is 1. The van der Waals surface area contributed by atoms with E-state index in [-0.39, 0.29) is 16.9 Å². The van der Waals surface area contributed by atoms with Crippen LogP contribution < -0.4 is 9.47 Å². The summed E-state index contributed by atoms with van der Waals surface area (Å²) < 4.78 is 47.2. The van der Waals surface area contributed by atoms with Crippen LogP contribution >= 0.6 is 0 Å². The Hall–Kier alpha value is -1.89. The molecule has 0 spiro atoms. The summed E-state index contributed by atoms with van der Waals surface area (Å²) in [5.74, 6) is -0.294. The largest absolute Gasteiger partial charge is 0.573 e. The van der Waals surface area contributed by atoms with Crippen molar-refractivity contribution in [3.63, 3.8) is 0 Å². The number of likely N-dealkylation sites (tertiary alicyclic amines) is 1. The topological polar surface area (TPSA) is 41.9 Å². The third-order valence-corrected chi connectivity index (χ3v) is 4.93. The van der Waals surface area contributed by atoms with Crippen molar-refractivity contribution in [3.05, 3.63) is 35.5 Å². The number of rotatable bonds is 3. The monoisotopic (exact) mass is 343 g/mol. The highest BCUT2D eigenvalue weighted by atomic mass is 19.4. The molecule has 1 fully saturated rings. The zero-order valence-electron chi connectivity index (χ0n) is 13.6. The molecule has 0 unspecified atom stereocenters. The van der Waals surface area contributed by atoms with Gasteiger partial charge in [-0.2, -0.15) is 0 Å². The second-order valence-corrected chi connectivity index (χ2v) is 6.33. The van der Waals surface area contributed by atoms with E-state index in [4.69, 9.17) is 4.74 Å². The lowest BCUT2D eigenvalue weighted by atomic mass is 9.70. The number of halogens is 3. The first-order valence-corrected chi connectivity index (χ1v) is 7.81. The number of aliphatic hydroxyl groups excluding tert-OH is 1. The molecule has 4 nitrogen and oxygen atoms in total. The van der Waals surface area contributed by atoms with Crippen LogP contribution in [0.2, 0.25) is 0 Å². The maximum atomic E-state index is 12.7. The van der Waals surface area contributed by atoms with Gasteiger partial charge in [0.25, 0.3) is 0 Å². The summed E-state index contributed by atoms with van der Waals surface area (Å²) in [6.07, 6.45) is -1.43. The van der Waals surface area contributed by atoms with Crippen LogP contribution in [0.4, 0.5) is 13.2 Å². The van der Waals surface area contributed by atoms with Crippen molar-refractivity contribution in [2.24, 2.45) is 0 Å². The molecule has 0 radical (unpaired) electrons. The standard InChI is InChI=1S/C17H20F3NO3/c1-21-8-7-16(6-5-12(22)10-15(16)21)11-3-4-13(23-2)14(9-11)24-17(18,19)20/h3-4,9-10,12,22H,5-8H2,1-2H3/t12-,16-/m0/s1. The fraction of sp³-hybridized carbons (Fsp3) is 0.529. The van der Waals surface area contributed by atoms with E-state index < -0.39 is 12.5 Å². The summed E-state index contributed by atoms with van der Waals surface area (Å²) in [4.78, 5) is 2.05. The lowest BCUT2D eigenvalue weighted by Crippen LogP contribution is -2.33. The van der Waals surface area contributed by atoms with E-state index in [1.807, 2.05) is 13.1 Å². The number of hydrogen-bond acceptors (Lipinski definition) is 4. The average molecular weight is 343 g/mol. The Labute approximate surface area is 138 Å². The third kappa shape index (κ3) is 2.92. The predicted molar refractivity (Wildman–Crippen MR) is 81.9 cm³/mol. The van der Waals surface area contributed by atoms with Crippen molar-refractivity contribution < 1.29 is 27.8 Å². The van der Waals surface area contributed by atoms with Gasteiger partial charge in [-0.15, -0.1) is 13.2 Å². The molecule has 3 rings (SSSR count). The second-order valence-electron chi connectivity index (χ2n) is 6.33. The van der Waals surface area contributed by atoms with Crippen molar-refractivity contribution >= 4 is 0 Å². The first-order chi connectivity index (χ1) is 11.2. The minimum atomic E-state index is -4.78. The highest BCUT2D eigenvalue weighted by Crippen LogP contribution is 2.50. The molecule has 0 bridgehead atoms. The van der Waals surface area contributed by atoms with Gasteiger partial charge in [-0.1, -0.05) is 6.07 Å². The molecule has 1 aliphatic heterocycles. The zero-order valence-corrected chi connectivity index (χ0v) is 13.6. The Morgan fingerprint density at radius 2 is 2.00 bits per heavy atom. The first kappa shape index (κ1) is 17.0. The lowest BCUT2D eigenvalue weighted by molar-refractivity contribution is -0.275. The van der Waals surface area contributed by atoms with Crippen molar-refractivity contribution in [3.8, 4) is 11.5 Å². The molecule has 0 aromatic heterocycles. The summed E-state index contributed by atoms with van der Waals surface area (Å²) in [7, 11) is 3.24. The fourth-order valence-corrected chi connectivity index (χ4v) is 3.79. The summed E-state index contributed by atoms with van der Waals surface area (Å²) in [5, 5.41) is 9.93. The summed E-state index contributed by atoms with van der Waals surface area (Å²) in [6, 6.07) is 4.70. The molecule has 2 aliphatic rings. The molecule has 24 heavy (non-hydrogen) atoms. The summed E-state index contributed by atoms with van der Waals surface area (Å²) in [6.45, 7) is 0.792. The number of hydrogen-bond donors (Lipinski definition) is 1. The van der Waals surface area contributed by atoms with E-state index in [2.05, 4.69) is 9.64 Å². The van der Waals surface area contributed by atoms with Crippen molar-refractivity contribution in [2.75, 3.05) is 20.7 Å². The quantitative estimate of drug-likeness (QED) is 0.915. The van der Waals surface area contributed by atoms with Crippen LogP contribution in [0, 0.1) is 0 Å². The molecule has 1 aliphatic carbocycles. The molecular formula is C17H20F3NO3. The van der Waals surface area contributed by atoms with Crippen molar-refractivity contribution in [1.82, 2.24) is 4.90 Å². The number of nitrogens with zero attached hydrogens (tertiary/aromatic N) is 1. The van der Waals surface area contributed by atoms with Crippen molar-refractivity contribution in [1.29, 1.82) is 0 Å².